The number of rotatable bonds is 5. The van der Waals surface area contributed by atoms with E-state index in [0.717, 1.165) is 67.5 Å². The maximum Gasteiger partial charge on any atom is 0.220 e. The number of para-hydroxylation sites is 4. The molecule has 9 rings (SSSR count). The van der Waals surface area contributed by atoms with Gasteiger partial charge in [-0.1, -0.05) is 81.4 Å². The Bertz CT molecular complexity index is 2640. The van der Waals surface area contributed by atoms with Crippen LogP contribution in [0.1, 0.15) is 26.3 Å². The summed E-state index contributed by atoms with van der Waals surface area (Å²) in [5.41, 5.74) is 8.57. The molecule has 9 aromatic rings. The highest BCUT2D eigenvalue weighted by Gasteiger charge is 2.19. The number of hydrogen-bond donors (Lipinski definition) is 0. The zero-order chi connectivity index (χ0) is 32.4. The Morgan fingerprint density at radius 2 is 1.31 bits per heavy atom. The van der Waals surface area contributed by atoms with E-state index < -0.39 is 0 Å². The molecule has 0 aliphatic heterocycles. The highest BCUT2D eigenvalue weighted by atomic mass is 16.5. The van der Waals surface area contributed by atoms with Crippen molar-refractivity contribution in [2.75, 3.05) is 0 Å². The number of hydrogen-bond acceptors (Lipinski definition) is 3. The molecule has 0 bridgehead atoms. The van der Waals surface area contributed by atoms with Crippen molar-refractivity contribution in [3.05, 3.63) is 151 Å². The molecule has 0 saturated carbocycles. The minimum Gasteiger partial charge on any atom is -0.457 e. The predicted octanol–water partition coefficient (Wildman–Crippen LogP) is 10.5. The van der Waals surface area contributed by atoms with Crippen molar-refractivity contribution in [3.8, 4) is 34.3 Å². The van der Waals surface area contributed by atoms with Gasteiger partial charge in [-0.05, 0) is 77.7 Å². The molecule has 0 N–H and O–H groups in total. The van der Waals surface area contributed by atoms with Gasteiger partial charge >= 0.3 is 0 Å². The Labute approximate surface area is 278 Å². The number of imidazole rings is 2. The molecule has 4 heterocycles. The third-order valence-electron chi connectivity index (χ3n) is 9.14. The van der Waals surface area contributed by atoms with E-state index in [-0.39, 0.29) is 5.41 Å². The van der Waals surface area contributed by atoms with Crippen molar-refractivity contribution in [1.29, 1.82) is 0 Å². The van der Waals surface area contributed by atoms with Crippen molar-refractivity contribution in [3.63, 3.8) is 0 Å². The smallest absolute Gasteiger partial charge is 0.220 e. The highest BCUT2D eigenvalue weighted by Crippen LogP contribution is 2.37. The monoisotopic (exact) mass is 623 g/mol. The van der Waals surface area contributed by atoms with Gasteiger partial charge in [0.15, 0.2) is 0 Å². The Hall–Kier alpha value is -6.14. The van der Waals surface area contributed by atoms with Crippen LogP contribution in [0.5, 0.6) is 11.5 Å². The summed E-state index contributed by atoms with van der Waals surface area (Å²) in [5.74, 6) is 3.26. The van der Waals surface area contributed by atoms with Crippen molar-refractivity contribution >= 4 is 38.6 Å². The van der Waals surface area contributed by atoms with Gasteiger partial charge in [0.2, 0.25) is 5.78 Å². The largest absolute Gasteiger partial charge is 0.457 e. The zero-order valence-electron chi connectivity index (χ0n) is 27.0. The van der Waals surface area contributed by atoms with Gasteiger partial charge in [-0.25, -0.2) is 9.97 Å². The number of pyridine rings is 1. The van der Waals surface area contributed by atoms with E-state index in [1.165, 1.54) is 10.9 Å². The summed E-state index contributed by atoms with van der Waals surface area (Å²) in [6.45, 7) is 6.69. The maximum absolute atomic E-state index is 6.56. The van der Waals surface area contributed by atoms with Crippen LogP contribution in [0, 0.1) is 0 Å². The molecule has 0 spiro atoms. The average Bonchev–Trinajstić information content (AvgIpc) is 3.77. The number of ether oxygens (including phenoxy) is 1. The molecule has 0 aliphatic rings. The number of benzene rings is 5. The average molecular weight is 624 g/mol. The fourth-order valence-electron chi connectivity index (χ4n) is 6.76. The normalized spacial score (nSPS) is 12.1. The first kappa shape index (κ1) is 28.1. The van der Waals surface area contributed by atoms with Gasteiger partial charge in [-0.3, -0.25) is 13.5 Å². The summed E-state index contributed by atoms with van der Waals surface area (Å²) in [5, 5.41) is 2.34. The first-order valence-corrected chi connectivity index (χ1v) is 16.2. The summed E-state index contributed by atoms with van der Waals surface area (Å²) in [6.07, 6.45) is 4.02. The molecule has 5 aromatic carbocycles. The van der Waals surface area contributed by atoms with Crippen LogP contribution in [0.4, 0.5) is 0 Å². The molecule has 0 atom stereocenters. The van der Waals surface area contributed by atoms with Crippen molar-refractivity contribution in [1.82, 2.24) is 23.5 Å². The second-order valence-corrected chi connectivity index (χ2v) is 13.3. The lowest BCUT2D eigenvalue weighted by molar-refractivity contribution is 0.483. The first-order valence-electron chi connectivity index (χ1n) is 16.2. The second-order valence-electron chi connectivity index (χ2n) is 13.3. The van der Waals surface area contributed by atoms with Crippen LogP contribution in [-0.4, -0.2) is 23.5 Å². The van der Waals surface area contributed by atoms with Gasteiger partial charge in [0, 0.05) is 40.5 Å². The molecule has 0 aliphatic carbocycles. The molecule has 0 unspecified atom stereocenters. The molecule has 6 heteroatoms. The van der Waals surface area contributed by atoms with Crippen molar-refractivity contribution < 1.29 is 4.74 Å². The number of fused-ring (bicyclic) bond motifs is 6. The second kappa shape index (κ2) is 10.7. The topological polar surface area (TPSA) is 49.3 Å². The van der Waals surface area contributed by atoms with Gasteiger partial charge in [0.05, 0.1) is 27.8 Å². The SMILES string of the molecule is CC(C)(C)c1ccnc(-n2c3ccccc3c3ccc(Oc4cccc(-c5cn6c7ccccc7n(-c7ccccc7)c6n5)c4)cc32)c1. The summed E-state index contributed by atoms with van der Waals surface area (Å²) in [6, 6.07) is 46.1. The van der Waals surface area contributed by atoms with E-state index in [2.05, 4.69) is 150 Å². The van der Waals surface area contributed by atoms with Crippen LogP contribution >= 0.6 is 0 Å². The molecular weight excluding hydrogens is 590 g/mol. The van der Waals surface area contributed by atoms with E-state index >= 15 is 0 Å². The van der Waals surface area contributed by atoms with Gasteiger partial charge in [-0.2, -0.15) is 0 Å². The van der Waals surface area contributed by atoms with Crippen molar-refractivity contribution in [2.24, 2.45) is 0 Å². The highest BCUT2D eigenvalue weighted by molar-refractivity contribution is 6.09. The third kappa shape index (κ3) is 4.56. The summed E-state index contributed by atoms with van der Waals surface area (Å²) in [7, 11) is 0. The van der Waals surface area contributed by atoms with Crippen LogP contribution in [-0.2, 0) is 5.41 Å². The molecule has 48 heavy (non-hydrogen) atoms. The molecule has 232 valence electrons. The van der Waals surface area contributed by atoms with Crippen LogP contribution in [0.2, 0.25) is 0 Å². The fraction of sp³-hybridized carbons (Fsp3) is 0.0952. The van der Waals surface area contributed by atoms with E-state index in [9.17, 15) is 0 Å². The lowest BCUT2D eigenvalue weighted by atomic mass is 9.88. The third-order valence-corrected chi connectivity index (χ3v) is 9.14. The predicted molar refractivity (Wildman–Crippen MR) is 195 cm³/mol. The van der Waals surface area contributed by atoms with Crippen LogP contribution < -0.4 is 4.74 Å². The lowest BCUT2D eigenvalue weighted by Crippen LogP contribution is -2.12. The van der Waals surface area contributed by atoms with Gasteiger partial charge in [0.1, 0.15) is 17.3 Å². The first-order chi connectivity index (χ1) is 23.4. The Balaban J connectivity index is 1.12. The zero-order valence-corrected chi connectivity index (χ0v) is 27.0. The Kier molecular flexibility index (Phi) is 6.27. The molecular formula is C42H33N5O. The maximum atomic E-state index is 6.56. The van der Waals surface area contributed by atoms with Crippen LogP contribution in [0.3, 0.4) is 0 Å². The minimum atomic E-state index is 0.00811. The van der Waals surface area contributed by atoms with Crippen molar-refractivity contribution in [2.45, 2.75) is 26.2 Å². The summed E-state index contributed by atoms with van der Waals surface area (Å²) < 4.78 is 13.2. The Morgan fingerprint density at radius 1 is 0.583 bits per heavy atom. The lowest BCUT2D eigenvalue weighted by Gasteiger charge is -2.20. The Morgan fingerprint density at radius 3 is 2.15 bits per heavy atom. The van der Waals surface area contributed by atoms with Crippen LogP contribution in [0.15, 0.2) is 146 Å². The fourth-order valence-corrected chi connectivity index (χ4v) is 6.76. The van der Waals surface area contributed by atoms with Gasteiger partial charge in [0.25, 0.3) is 0 Å². The van der Waals surface area contributed by atoms with Crippen LogP contribution in [0.25, 0.3) is 61.4 Å². The molecule has 0 fully saturated rings. The number of nitrogens with zero attached hydrogens (tertiary/aromatic N) is 5. The van der Waals surface area contributed by atoms with Gasteiger partial charge in [-0.15, -0.1) is 0 Å². The van der Waals surface area contributed by atoms with E-state index in [0.29, 0.717) is 0 Å². The van der Waals surface area contributed by atoms with E-state index in [4.69, 9.17) is 14.7 Å². The van der Waals surface area contributed by atoms with E-state index in [1.807, 2.05) is 30.5 Å². The quantitative estimate of drug-likeness (QED) is 0.192. The minimum absolute atomic E-state index is 0.00811. The molecule has 6 nitrogen and oxygen atoms in total. The standard InChI is InChI=1S/C42H33N5O/c1-42(2,3)29-22-23-43-40(25-29)47-36-17-8-7-16-33(36)34-21-20-32(26-39(34)47)48-31-15-11-12-28(24-31)35-27-45-37-18-9-10-19-38(37)46(41(45)44-35)30-13-5-4-6-14-30/h4-27H,1-3H3. The number of aromatic nitrogens is 5. The molecule has 0 amide bonds. The summed E-state index contributed by atoms with van der Waals surface area (Å²) in [4.78, 5) is 9.96. The molecule has 0 radical (unpaired) electrons. The van der Waals surface area contributed by atoms with Gasteiger partial charge < -0.3 is 4.74 Å². The van der Waals surface area contributed by atoms with E-state index in [1.54, 1.807) is 0 Å². The summed E-state index contributed by atoms with van der Waals surface area (Å²) >= 11 is 0. The molecule has 0 saturated heterocycles. The molecule has 4 aromatic heterocycles.